The highest BCUT2D eigenvalue weighted by molar-refractivity contribution is 5.63. The van der Waals surface area contributed by atoms with Crippen LogP contribution >= 0.6 is 0 Å². The van der Waals surface area contributed by atoms with Gasteiger partial charge in [0.15, 0.2) is 6.20 Å². The highest BCUT2D eigenvalue weighted by Gasteiger charge is 2.17. The summed E-state index contributed by atoms with van der Waals surface area (Å²) in [6, 6.07) is 9.28. The lowest BCUT2D eigenvalue weighted by Crippen LogP contribution is -2.31. The van der Waals surface area contributed by atoms with Gasteiger partial charge < -0.3 is 0 Å². The van der Waals surface area contributed by atoms with E-state index in [1.54, 1.807) is 11.1 Å². The van der Waals surface area contributed by atoms with E-state index < -0.39 is 0 Å². The fourth-order valence-electron chi connectivity index (χ4n) is 3.21. The van der Waals surface area contributed by atoms with Gasteiger partial charge in [-0.25, -0.2) is 4.57 Å². The molecule has 1 aliphatic carbocycles. The Morgan fingerprint density at radius 2 is 1.63 bits per heavy atom. The lowest BCUT2D eigenvalue weighted by atomic mass is 9.87. The highest BCUT2D eigenvalue weighted by atomic mass is 14.9. The topological polar surface area (TPSA) is 3.88 Å². The SMILES string of the molecule is Cc1ccc(-c2cc3c(cc2C)CCCC3)[n+](C)c1. The molecule has 98 valence electrons. The van der Waals surface area contributed by atoms with Gasteiger partial charge in [0, 0.05) is 17.2 Å². The number of hydrogen-bond acceptors (Lipinski definition) is 0. The normalized spacial score (nSPS) is 14.3. The lowest BCUT2D eigenvalue weighted by Gasteiger charge is -2.18. The van der Waals surface area contributed by atoms with Crippen molar-refractivity contribution < 1.29 is 4.57 Å². The van der Waals surface area contributed by atoms with Gasteiger partial charge in [0.25, 0.3) is 0 Å². The molecule has 0 spiro atoms. The molecule has 19 heavy (non-hydrogen) atoms. The van der Waals surface area contributed by atoms with E-state index in [2.05, 4.69) is 55.9 Å². The summed E-state index contributed by atoms with van der Waals surface area (Å²) in [6.07, 6.45) is 7.41. The standard InChI is InChI=1S/C18H22N/c1-13-8-9-18(19(3)12-13)17-11-16-7-5-4-6-15(16)10-14(17)2/h8-12H,4-7H2,1-3H3/q+1. The molecule has 0 radical (unpaired) electrons. The monoisotopic (exact) mass is 252 g/mol. The van der Waals surface area contributed by atoms with Crippen molar-refractivity contribution in [1.29, 1.82) is 0 Å². The third-order valence-electron chi connectivity index (χ3n) is 4.25. The Kier molecular flexibility index (Phi) is 3.14. The van der Waals surface area contributed by atoms with Crippen LogP contribution in [0.2, 0.25) is 0 Å². The Labute approximate surface area is 115 Å². The fraction of sp³-hybridized carbons (Fsp3) is 0.389. The maximum Gasteiger partial charge on any atom is 0.212 e. The van der Waals surface area contributed by atoms with Gasteiger partial charge in [0.1, 0.15) is 7.05 Å². The predicted molar refractivity (Wildman–Crippen MR) is 79.2 cm³/mol. The smallest absolute Gasteiger partial charge is 0.201 e. The van der Waals surface area contributed by atoms with Crippen LogP contribution in [0.4, 0.5) is 0 Å². The molecule has 1 heterocycles. The van der Waals surface area contributed by atoms with Crippen LogP contribution < -0.4 is 4.57 Å². The average molecular weight is 252 g/mol. The zero-order valence-corrected chi connectivity index (χ0v) is 12.2. The third kappa shape index (κ3) is 2.30. The van der Waals surface area contributed by atoms with Crippen LogP contribution in [0.5, 0.6) is 0 Å². The summed E-state index contributed by atoms with van der Waals surface area (Å²) in [4.78, 5) is 0. The molecule has 0 unspecified atom stereocenters. The van der Waals surface area contributed by atoms with E-state index in [0.29, 0.717) is 0 Å². The predicted octanol–water partition coefficient (Wildman–Crippen LogP) is 3.67. The van der Waals surface area contributed by atoms with E-state index in [9.17, 15) is 0 Å². The van der Waals surface area contributed by atoms with Gasteiger partial charge in [-0.3, -0.25) is 0 Å². The average Bonchev–Trinajstić information content (AvgIpc) is 2.38. The Bertz CT molecular complexity index is 626. The highest BCUT2D eigenvalue weighted by Crippen LogP contribution is 2.29. The molecule has 1 aliphatic rings. The molecule has 0 N–H and O–H groups in total. The van der Waals surface area contributed by atoms with Crippen LogP contribution in [0.3, 0.4) is 0 Å². The largest absolute Gasteiger partial charge is 0.212 e. The molecular formula is C18H22N+. The number of rotatable bonds is 1. The van der Waals surface area contributed by atoms with E-state index in [1.165, 1.54) is 48.1 Å². The fourth-order valence-corrected chi connectivity index (χ4v) is 3.21. The van der Waals surface area contributed by atoms with Gasteiger partial charge in [0.05, 0.1) is 0 Å². The van der Waals surface area contributed by atoms with Crippen LogP contribution in [0.15, 0.2) is 30.5 Å². The van der Waals surface area contributed by atoms with Crippen molar-refractivity contribution in [3.8, 4) is 11.3 Å². The van der Waals surface area contributed by atoms with Crippen molar-refractivity contribution in [2.45, 2.75) is 39.5 Å². The second-order valence-electron chi connectivity index (χ2n) is 5.85. The summed E-state index contributed by atoms with van der Waals surface area (Å²) in [5.74, 6) is 0. The molecule has 1 aromatic heterocycles. The maximum atomic E-state index is 2.43. The molecule has 0 fully saturated rings. The van der Waals surface area contributed by atoms with Gasteiger partial charge in [-0.15, -0.1) is 0 Å². The van der Waals surface area contributed by atoms with Crippen molar-refractivity contribution >= 4 is 0 Å². The molecule has 1 aromatic carbocycles. The Morgan fingerprint density at radius 3 is 2.32 bits per heavy atom. The summed E-state index contributed by atoms with van der Waals surface area (Å²) in [7, 11) is 2.14. The minimum Gasteiger partial charge on any atom is -0.201 e. The first kappa shape index (κ1) is 12.4. The second kappa shape index (κ2) is 4.80. The van der Waals surface area contributed by atoms with Crippen molar-refractivity contribution in [2.75, 3.05) is 0 Å². The van der Waals surface area contributed by atoms with Gasteiger partial charge in [-0.1, -0.05) is 6.07 Å². The van der Waals surface area contributed by atoms with Gasteiger partial charge in [0.2, 0.25) is 5.69 Å². The number of hydrogen-bond donors (Lipinski definition) is 0. The first-order valence-corrected chi connectivity index (χ1v) is 7.24. The molecule has 0 atom stereocenters. The maximum absolute atomic E-state index is 2.43. The quantitative estimate of drug-likeness (QED) is 0.682. The van der Waals surface area contributed by atoms with Gasteiger partial charge >= 0.3 is 0 Å². The summed E-state index contributed by atoms with van der Waals surface area (Å²) >= 11 is 0. The zero-order chi connectivity index (χ0) is 13.4. The molecule has 1 heteroatoms. The van der Waals surface area contributed by atoms with Gasteiger partial charge in [-0.05, 0) is 68.4 Å². The van der Waals surface area contributed by atoms with Crippen LogP contribution in [0.25, 0.3) is 11.3 Å². The molecule has 0 saturated carbocycles. The molecule has 0 aliphatic heterocycles. The number of aryl methyl sites for hydroxylation is 5. The molecular weight excluding hydrogens is 230 g/mol. The van der Waals surface area contributed by atoms with Crippen molar-refractivity contribution in [3.05, 3.63) is 52.7 Å². The van der Waals surface area contributed by atoms with Crippen molar-refractivity contribution in [2.24, 2.45) is 7.05 Å². The zero-order valence-electron chi connectivity index (χ0n) is 12.2. The van der Waals surface area contributed by atoms with Crippen molar-refractivity contribution in [3.63, 3.8) is 0 Å². The van der Waals surface area contributed by atoms with E-state index in [-0.39, 0.29) is 0 Å². The minimum absolute atomic E-state index is 1.25. The number of aromatic nitrogens is 1. The Balaban J connectivity index is 2.14. The van der Waals surface area contributed by atoms with Gasteiger partial charge in [-0.2, -0.15) is 0 Å². The first-order valence-electron chi connectivity index (χ1n) is 7.24. The van der Waals surface area contributed by atoms with Crippen molar-refractivity contribution in [1.82, 2.24) is 0 Å². The minimum atomic E-state index is 1.25. The Hall–Kier alpha value is -1.63. The molecule has 1 nitrogen and oxygen atoms in total. The Morgan fingerprint density at radius 1 is 0.947 bits per heavy atom. The molecule has 3 rings (SSSR count). The van der Waals surface area contributed by atoms with E-state index >= 15 is 0 Å². The van der Waals surface area contributed by atoms with E-state index in [4.69, 9.17) is 0 Å². The van der Waals surface area contributed by atoms with Crippen LogP contribution in [0, 0.1) is 13.8 Å². The first-order chi connectivity index (χ1) is 9.15. The lowest BCUT2D eigenvalue weighted by molar-refractivity contribution is -0.660. The van der Waals surface area contributed by atoms with Crippen LogP contribution in [-0.4, -0.2) is 0 Å². The number of pyridine rings is 1. The third-order valence-corrected chi connectivity index (χ3v) is 4.25. The van der Waals surface area contributed by atoms with Crippen LogP contribution in [0.1, 0.15) is 35.1 Å². The molecule has 2 aromatic rings. The number of nitrogens with zero attached hydrogens (tertiary/aromatic N) is 1. The summed E-state index contributed by atoms with van der Waals surface area (Å²) in [6.45, 7) is 4.38. The molecule has 0 saturated heterocycles. The summed E-state index contributed by atoms with van der Waals surface area (Å²) in [5.41, 5.74) is 8.55. The van der Waals surface area contributed by atoms with E-state index in [1.807, 2.05) is 0 Å². The molecule has 0 amide bonds. The van der Waals surface area contributed by atoms with Crippen LogP contribution in [-0.2, 0) is 19.9 Å². The summed E-state index contributed by atoms with van der Waals surface area (Å²) in [5, 5.41) is 0. The summed E-state index contributed by atoms with van der Waals surface area (Å²) < 4.78 is 2.24. The second-order valence-corrected chi connectivity index (χ2v) is 5.85. The number of fused-ring (bicyclic) bond motifs is 1. The number of benzene rings is 1. The van der Waals surface area contributed by atoms with E-state index in [0.717, 1.165) is 0 Å². The molecule has 0 bridgehead atoms.